The van der Waals surface area contributed by atoms with Crippen molar-refractivity contribution in [2.45, 2.75) is 37.4 Å². The van der Waals surface area contributed by atoms with E-state index in [4.69, 9.17) is 9.47 Å². The molecule has 4 amide bonds. The average molecular weight is 511 g/mol. The number of imide groups is 1. The molecule has 1 atom stereocenters. The maximum Gasteiger partial charge on any atom is 0.255 e. The van der Waals surface area contributed by atoms with E-state index in [1.807, 2.05) is 42.4 Å². The minimum Gasteiger partial charge on any atom is -0.501 e. The fraction of sp³-hybridized carbons (Fsp3) is 0.360. The van der Waals surface area contributed by atoms with Crippen molar-refractivity contribution >= 4 is 65.9 Å². The highest BCUT2D eigenvalue weighted by Gasteiger charge is 2.41. The Labute approximate surface area is 225 Å². The first-order valence-electron chi connectivity index (χ1n) is 13.0. The van der Waals surface area contributed by atoms with Gasteiger partial charge in [0.15, 0.2) is 15.7 Å². The fourth-order valence-corrected chi connectivity index (χ4v) is 6.01. The van der Waals surface area contributed by atoms with Gasteiger partial charge in [0.05, 0.1) is 18.6 Å². The molecule has 0 spiro atoms. The third kappa shape index (κ3) is 4.87. The first-order chi connectivity index (χ1) is 18.0. The number of hydrogen-bond acceptors (Lipinski definition) is 6. The van der Waals surface area contributed by atoms with Gasteiger partial charge >= 0.3 is 0 Å². The second-order valence-electron chi connectivity index (χ2n) is 10.8. The van der Waals surface area contributed by atoms with Crippen molar-refractivity contribution in [1.29, 1.82) is 0 Å². The number of morpholine rings is 1. The van der Waals surface area contributed by atoms with E-state index in [0.29, 0.717) is 37.4 Å². The van der Waals surface area contributed by atoms with Gasteiger partial charge in [-0.25, -0.2) is 0 Å². The van der Waals surface area contributed by atoms with Crippen molar-refractivity contribution < 1.29 is 28.7 Å². The Balaban J connectivity index is 1.38. The molecule has 9 nitrogen and oxygen atoms in total. The lowest BCUT2D eigenvalue weighted by molar-refractivity contribution is -0.143. The predicted molar refractivity (Wildman–Crippen MR) is 151 cm³/mol. The molecule has 1 unspecified atom stereocenters. The second kappa shape index (κ2) is 10.0. The van der Waals surface area contributed by atoms with Crippen molar-refractivity contribution in [3.63, 3.8) is 0 Å². The lowest BCUT2D eigenvalue weighted by atomic mass is 9.55. The molecule has 2 saturated heterocycles. The molecular weight excluding hydrogens is 482 g/mol. The summed E-state index contributed by atoms with van der Waals surface area (Å²) >= 11 is 0. The standard InChI is InChI=1S/C25H29B4N3O6/c26-16-8-13(10-31-6-7-37-12-21(31)34)9-17(27)22(16)25(28,29)38-19-3-1-2-14-15(19)11-32(24(14)36)18-4-5-20(33)30-23(18)35/h1-3,8-9,18H,4-7,10-12,26-29H2,(H,30,33,35). The van der Waals surface area contributed by atoms with Crippen LogP contribution in [0.4, 0.5) is 0 Å². The van der Waals surface area contributed by atoms with Crippen LogP contribution >= 0.6 is 0 Å². The molecule has 5 rings (SSSR count). The van der Waals surface area contributed by atoms with E-state index >= 15 is 0 Å². The minimum absolute atomic E-state index is 0.00173. The van der Waals surface area contributed by atoms with Gasteiger partial charge in [-0.3, -0.25) is 24.5 Å². The smallest absolute Gasteiger partial charge is 0.255 e. The molecule has 192 valence electrons. The van der Waals surface area contributed by atoms with Gasteiger partial charge in [-0.05, 0) is 29.7 Å². The maximum atomic E-state index is 13.2. The van der Waals surface area contributed by atoms with Gasteiger partial charge in [-0.1, -0.05) is 29.1 Å². The van der Waals surface area contributed by atoms with Crippen LogP contribution in [-0.2, 0) is 37.6 Å². The van der Waals surface area contributed by atoms with Crippen molar-refractivity contribution in [3.8, 4) is 5.75 Å². The SMILES string of the molecule is Bc1cc(CN2CCOCC2=O)cc(B)c1C(B)(B)Oc1cccc2c1CN(C1CCC(=O)NC1=O)C2=O. The van der Waals surface area contributed by atoms with Gasteiger partial charge in [-0.2, -0.15) is 0 Å². The van der Waals surface area contributed by atoms with E-state index < -0.39 is 17.3 Å². The first-order valence-corrected chi connectivity index (χ1v) is 13.0. The highest BCUT2D eigenvalue weighted by molar-refractivity contribution is 6.47. The van der Waals surface area contributed by atoms with E-state index in [1.54, 1.807) is 12.1 Å². The molecular formula is C25H29B4N3O6. The molecule has 3 aliphatic rings. The van der Waals surface area contributed by atoms with E-state index in [2.05, 4.69) is 17.4 Å². The van der Waals surface area contributed by atoms with Gasteiger partial charge < -0.3 is 19.3 Å². The molecule has 38 heavy (non-hydrogen) atoms. The Morgan fingerprint density at radius 1 is 1.11 bits per heavy atom. The second-order valence-corrected chi connectivity index (χ2v) is 10.8. The number of nitrogens with zero attached hydrogens (tertiary/aromatic N) is 2. The number of ether oxygens (including phenoxy) is 2. The Kier molecular flexibility index (Phi) is 6.90. The number of piperidine rings is 1. The van der Waals surface area contributed by atoms with E-state index in [-0.39, 0.29) is 37.3 Å². The molecule has 13 heteroatoms. The Morgan fingerprint density at radius 3 is 2.53 bits per heavy atom. The summed E-state index contributed by atoms with van der Waals surface area (Å²) in [7, 11) is 8.09. The van der Waals surface area contributed by atoms with Crippen molar-refractivity contribution in [2.24, 2.45) is 0 Å². The van der Waals surface area contributed by atoms with Crippen LogP contribution in [-0.4, -0.2) is 90.6 Å². The van der Waals surface area contributed by atoms with Crippen LogP contribution in [0.2, 0.25) is 0 Å². The number of nitrogens with one attached hydrogen (secondary N) is 1. The van der Waals surface area contributed by atoms with Gasteiger partial charge in [0.2, 0.25) is 17.7 Å². The number of rotatable bonds is 6. The van der Waals surface area contributed by atoms with Crippen molar-refractivity contribution in [3.05, 3.63) is 52.6 Å². The van der Waals surface area contributed by atoms with Crippen LogP contribution in [0.25, 0.3) is 0 Å². The zero-order chi connectivity index (χ0) is 27.2. The third-order valence-corrected chi connectivity index (χ3v) is 7.56. The van der Waals surface area contributed by atoms with E-state index in [1.165, 1.54) is 4.90 Å². The van der Waals surface area contributed by atoms with Crippen molar-refractivity contribution in [1.82, 2.24) is 15.1 Å². The van der Waals surface area contributed by atoms with Crippen LogP contribution < -0.4 is 21.0 Å². The fourth-order valence-electron chi connectivity index (χ4n) is 6.01. The quantitative estimate of drug-likeness (QED) is 0.312. The molecule has 2 aromatic rings. The zero-order valence-corrected chi connectivity index (χ0v) is 22.3. The number of benzene rings is 2. The normalized spacial score (nSPS) is 19.9. The molecule has 1 N–H and O–H groups in total. The Morgan fingerprint density at radius 2 is 1.84 bits per heavy atom. The molecule has 3 heterocycles. The monoisotopic (exact) mass is 511 g/mol. The summed E-state index contributed by atoms with van der Waals surface area (Å²) in [6, 6.07) is 8.91. The zero-order valence-electron chi connectivity index (χ0n) is 22.3. The first kappa shape index (κ1) is 26.2. The Bertz CT molecular complexity index is 1330. The number of fused-ring (bicyclic) bond motifs is 1. The lowest BCUT2D eigenvalue weighted by Gasteiger charge is -2.33. The summed E-state index contributed by atoms with van der Waals surface area (Å²) in [6.07, 6.45) is 0.522. The molecule has 0 saturated carbocycles. The molecule has 2 fully saturated rings. The number of carbonyl (C=O) groups excluding carboxylic acids is 4. The largest absolute Gasteiger partial charge is 0.501 e. The predicted octanol–water partition coefficient (Wildman–Crippen LogP) is -4.22. The third-order valence-electron chi connectivity index (χ3n) is 7.56. The van der Waals surface area contributed by atoms with Crippen LogP contribution in [0.3, 0.4) is 0 Å². The minimum atomic E-state index is -0.721. The van der Waals surface area contributed by atoms with Crippen LogP contribution in [0, 0.1) is 0 Å². The Hall–Kier alpha value is -3.46. The van der Waals surface area contributed by atoms with Crippen LogP contribution in [0.1, 0.15) is 39.9 Å². The van der Waals surface area contributed by atoms with Crippen LogP contribution in [0.15, 0.2) is 30.3 Å². The van der Waals surface area contributed by atoms with Gasteiger partial charge in [-0.15, -0.1) is 0 Å². The summed E-state index contributed by atoms with van der Waals surface area (Å²) in [5, 5.41) is 1.62. The van der Waals surface area contributed by atoms with Gasteiger partial charge in [0.1, 0.15) is 34.1 Å². The van der Waals surface area contributed by atoms with Crippen molar-refractivity contribution in [2.75, 3.05) is 19.8 Å². The van der Waals surface area contributed by atoms with Gasteiger partial charge in [0.25, 0.3) is 5.91 Å². The highest BCUT2D eigenvalue weighted by Crippen LogP contribution is 2.35. The number of amides is 4. The molecule has 0 aromatic heterocycles. The lowest BCUT2D eigenvalue weighted by Crippen LogP contribution is -2.52. The molecule has 0 bridgehead atoms. The van der Waals surface area contributed by atoms with Crippen LogP contribution in [0.5, 0.6) is 5.75 Å². The summed E-state index contributed by atoms with van der Waals surface area (Å²) in [5.74, 6) is -0.382. The van der Waals surface area contributed by atoms with Gasteiger partial charge in [0, 0.05) is 30.6 Å². The van der Waals surface area contributed by atoms with E-state index in [0.717, 1.165) is 27.6 Å². The highest BCUT2D eigenvalue weighted by atomic mass is 16.5. The topological polar surface area (TPSA) is 105 Å². The average Bonchev–Trinajstić information content (AvgIpc) is 3.17. The molecule has 0 aliphatic carbocycles. The summed E-state index contributed by atoms with van der Waals surface area (Å²) in [4.78, 5) is 52.8. The molecule has 3 aliphatic heterocycles. The number of carbonyl (C=O) groups is 4. The number of hydrogen-bond donors (Lipinski definition) is 1. The molecule has 2 aromatic carbocycles. The molecule has 0 radical (unpaired) electrons. The van der Waals surface area contributed by atoms with E-state index in [9.17, 15) is 19.2 Å². The maximum absolute atomic E-state index is 13.2. The summed E-state index contributed by atoms with van der Waals surface area (Å²) < 4.78 is 11.9. The summed E-state index contributed by atoms with van der Waals surface area (Å²) in [6.45, 7) is 2.05. The summed E-state index contributed by atoms with van der Waals surface area (Å²) in [5.41, 5.74) is 5.47.